The maximum Gasteiger partial charge on any atom is 0.416 e. The topological polar surface area (TPSA) is 76.7 Å². The molecule has 2 N–H and O–H groups in total. The van der Waals surface area contributed by atoms with Gasteiger partial charge < -0.3 is 10.1 Å². The predicted octanol–water partition coefficient (Wildman–Crippen LogP) is 4.42. The van der Waals surface area contributed by atoms with E-state index in [0.717, 1.165) is 0 Å². The fourth-order valence-corrected chi connectivity index (χ4v) is 2.26. The lowest BCUT2D eigenvalue weighted by atomic mass is 10.0. The minimum absolute atomic E-state index is 0.109. The van der Waals surface area contributed by atoms with Crippen LogP contribution in [0.3, 0.4) is 0 Å². The highest BCUT2D eigenvalue weighted by molar-refractivity contribution is 5.95. The number of carbonyl (C=O) groups excluding carboxylic acids is 2. The Balaban J connectivity index is 2.07. The van der Waals surface area contributed by atoms with Crippen molar-refractivity contribution in [1.29, 1.82) is 0 Å². The fourth-order valence-electron chi connectivity index (χ4n) is 2.26. The predicted molar refractivity (Wildman–Crippen MR) is 96.1 cm³/mol. The molecule has 2 amide bonds. The van der Waals surface area contributed by atoms with Crippen molar-refractivity contribution in [2.45, 2.75) is 25.4 Å². The van der Waals surface area contributed by atoms with Crippen molar-refractivity contribution in [3.63, 3.8) is 0 Å². The molecule has 0 bridgehead atoms. The quantitative estimate of drug-likeness (QED) is 0.505. The number of ether oxygens (including phenoxy) is 1. The van der Waals surface area contributed by atoms with E-state index in [1.807, 2.05) is 0 Å². The zero-order valence-electron chi connectivity index (χ0n) is 16.0. The van der Waals surface area contributed by atoms with Gasteiger partial charge in [0.05, 0.1) is 18.2 Å². The van der Waals surface area contributed by atoms with Crippen LogP contribution in [0.25, 0.3) is 0 Å². The standard InChI is InChI=1S/C19H16F6N2O4/c1-10(16(28)26-14-3-5-15(30-2)6-4-14)31-27-17(29)11-7-12(18(20,21)22)9-13(8-11)19(23,24)25/h3-10H,1-2H3,(H,26,28)(H,27,29). The summed E-state index contributed by atoms with van der Waals surface area (Å²) >= 11 is 0. The van der Waals surface area contributed by atoms with Gasteiger partial charge in [-0.05, 0) is 49.4 Å². The molecule has 0 saturated heterocycles. The van der Waals surface area contributed by atoms with Gasteiger partial charge in [-0.15, -0.1) is 0 Å². The van der Waals surface area contributed by atoms with Gasteiger partial charge in [-0.1, -0.05) is 0 Å². The molecule has 0 spiro atoms. The smallest absolute Gasteiger partial charge is 0.416 e. The van der Waals surface area contributed by atoms with Crippen LogP contribution >= 0.6 is 0 Å². The van der Waals surface area contributed by atoms with E-state index >= 15 is 0 Å². The van der Waals surface area contributed by atoms with Crippen molar-refractivity contribution in [2.24, 2.45) is 0 Å². The summed E-state index contributed by atoms with van der Waals surface area (Å²) in [4.78, 5) is 28.9. The minimum Gasteiger partial charge on any atom is -0.497 e. The molecule has 0 aliphatic rings. The number of benzene rings is 2. The average Bonchev–Trinajstić information content (AvgIpc) is 2.70. The Labute approximate surface area is 172 Å². The van der Waals surface area contributed by atoms with Gasteiger partial charge in [0.25, 0.3) is 11.8 Å². The number of rotatable bonds is 6. The monoisotopic (exact) mass is 450 g/mol. The van der Waals surface area contributed by atoms with Crippen LogP contribution in [0.4, 0.5) is 32.0 Å². The number of methoxy groups -OCH3 is 1. The van der Waals surface area contributed by atoms with E-state index in [-0.39, 0.29) is 18.2 Å². The van der Waals surface area contributed by atoms with Crippen LogP contribution in [-0.4, -0.2) is 25.0 Å². The number of carbonyl (C=O) groups is 2. The summed E-state index contributed by atoms with van der Waals surface area (Å²) in [5, 5.41) is 2.45. The average molecular weight is 450 g/mol. The summed E-state index contributed by atoms with van der Waals surface area (Å²) in [7, 11) is 1.45. The molecule has 1 unspecified atom stereocenters. The summed E-state index contributed by atoms with van der Waals surface area (Å²) in [6, 6.07) is 6.55. The van der Waals surface area contributed by atoms with Crippen molar-refractivity contribution < 1.29 is 45.5 Å². The fraction of sp³-hybridized carbons (Fsp3) is 0.263. The first-order valence-electron chi connectivity index (χ1n) is 8.51. The van der Waals surface area contributed by atoms with E-state index in [1.165, 1.54) is 26.2 Å². The number of hydrogen-bond donors (Lipinski definition) is 2. The number of nitrogens with one attached hydrogen (secondary N) is 2. The van der Waals surface area contributed by atoms with E-state index in [1.54, 1.807) is 17.6 Å². The van der Waals surface area contributed by atoms with Gasteiger partial charge in [-0.3, -0.25) is 14.4 Å². The normalized spacial score (nSPS) is 12.8. The zero-order chi connectivity index (χ0) is 23.4. The molecular weight excluding hydrogens is 434 g/mol. The molecule has 12 heteroatoms. The molecule has 2 rings (SSSR count). The van der Waals surface area contributed by atoms with Crippen LogP contribution in [0, 0.1) is 0 Å². The third-order valence-corrected chi connectivity index (χ3v) is 3.91. The number of hydrogen-bond acceptors (Lipinski definition) is 4. The van der Waals surface area contributed by atoms with Gasteiger partial charge in [0.1, 0.15) is 5.75 Å². The van der Waals surface area contributed by atoms with Gasteiger partial charge in [0.15, 0.2) is 6.10 Å². The van der Waals surface area contributed by atoms with Gasteiger partial charge >= 0.3 is 12.4 Å². The Kier molecular flexibility index (Phi) is 7.16. The number of amides is 2. The SMILES string of the molecule is COc1ccc(NC(=O)C(C)ONC(=O)c2cc(C(F)(F)F)cc(C(F)(F)F)c2)cc1. The maximum atomic E-state index is 12.9. The minimum atomic E-state index is -5.11. The molecule has 6 nitrogen and oxygen atoms in total. The molecule has 1 atom stereocenters. The summed E-state index contributed by atoms with van der Waals surface area (Å²) in [5.41, 5.74) is -2.20. The van der Waals surface area contributed by atoms with Gasteiger partial charge in [-0.2, -0.15) is 26.3 Å². The van der Waals surface area contributed by atoms with Crippen LogP contribution in [0.2, 0.25) is 0 Å². The van der Waals surface area contributed by atoms with E-state index in [4.69, 9.17) is 9.57 Å². The van der Waals surface area contributed by atoms with Crippen molar-refractivity contribution in [2.75, 3.05) is 12.4 Å². The highest BCUT2D eigenvalue weighted by atomic mass is 19.4. The maximum absolute atomic E-state index is 12.9. The van der Waals surface area contributed by atoms with Crippen molar-refractivity contribution in [3.05, 3.63) is 59.2 Å². The Morgan fingerprint density at radius 3 is 1.87 bits per heavy atom. The molecule has 0 fully saturated rings. The zero-order valence-corrected chi connectivity index (χ0v) is 16.0. The highest BCUT2D eigenvalue weighted by Gasteiger charge is 2.37. The van der Waals surface area contributed by atoms with E-state index in [9.17, 15) is 35.9 Å². The molecule has 0 aromatic heterocycles. The lowest BCUT2D eigenvalue weighted by Gasteiger charge is -2.16. The molecule has 0 radical (unpaired) electrons. The van der Waals surface area contributed by atoms with Crippen molar-refractivity contribution >= 4 is 17.5 Å². The van der Waals surface area contributed by atoms with Crippen LogP contribution in [0.1, 0.15) is 28.4 Å². The largest absolute Gasteiger partial charge is 0.497 e. The number of halogens is 6. The molecule has 0 aliphatic carbocycles. The third kappa shape index (κ3) is 6.60. The second-order valence-electron chi connectivity index (χ2n) is 6.20. The van der Waals surface area contributed by atoms with Gasteiger partial charge in [0, 0.05) is 11.3 Å². The Morgan fingerprint density at radius 2 is 1.42 bits per heavy atom. The summed E-state index contributed by atoms with van der Waals surface area (Å²) in [5.74, 6) is -1.58. The van der Waals surface area contributed by atoms with Crippen LogP contribution in [0.5, 0.6) is 5.75 Å². The summed E-state index contributed by atoms with van der Waals surface area (Å²) < 4.78 is 82.3. The second-order valence-corrected chi connectivity index (χ2v) is 6.20. The Morgan fingerprint density at radius 1 is 0.903 bits per heavy atom. The molecule has 0 heterocycles. The number of alkyl halides is 6. The lowest BCUT2D eigenvalue weighted by Crippen LogP contribution is -2.35. The van der Waals surface area contributed by atoms with Gasteiger partial charge in [-0.25, -0.2) is 5.48 Å². The molecule has 2 aromatic rings. The first-order chi connectivity index (χ1) is 14.3. The summed E-state index contributed by atoms with van der Waals surface area (Å²) in [6.45, 7) is 1.21. The molecule has 0 aliphatic heterocycles. The van der Waals surface area contributed by atoms with Crippen LogP contribution in [0.15, 0.2) is 42.5 Å². The molecular formula is C19H16F6N2O4. The highest BCUT2D eigenvalue weighted by Crippen LogP contribution is 2.36. The van der Waals surface area contributed by atoms with Crippen LogP contribution in [-0.2, 0) is 22.0 Å². The van der Waals surface area contributed by atoms with Gasteiger partial charge in [0.2, 0.25) is 0 Å². The Hall–Kier alpha value is -3.28. The van der Waals surface area contributed by atoms with E-state index in [2.05, 4.69) is 5.32 Å². The summed E-state index contributed by atoms with van der Waals surface area (Å²) in [6.07, 6.45) is -11.5. The Bertz CT molecular complexity index is 910. The lowest BCUT2D eigenvalue weighted by molar-refractivity contribution is -0.143. The first kappa shape index (κ1) is 24.0. The molecule has 0 saturated carbocycles. The number of anilines is 1. The number of hydroxylamine groups is 1. The molecule has 168 valence electrons. The van der Waals surface area contributed by atoms with E-state index in [0.29, 0.717) is 11.4 Å². The first-order valence-corrected chi connectivity index (χ1v) is 8.51. The van der Waals surface area contributed by atoms with Crippen LogP contribution < -0.4 is 15.5 Å². The van der Waals surface area contributed by atoms with Crippen molar-refractivity contribution in [3.8, 4) is 5.75 Å². The molecule has 2 aromatic carbocycles. The van der Waals surface area contributed by atoms with E-state index < -0.39 is 47.0 Å². The molecule has 31 heavy (non-hydrogen) atoms. The second kappa shape index (κ2) is 9.25. The third-order valence-electron chi connectivity index (χ3n) is 3.91. The van der Waals surface area contributed by atoms with Crippen molar-refractivity contribution in [1.82, 2.24) is 5.48 Å².